The van der Waals surface area contributed by atoms with Gasteiger partial charge in [0.1, 0.15) is 5.82 Å². The summed E-state index contributed by atoms with van der Waals surface area (Å²) in [5, 5.41) is 2.81. The van der Waals surface area contributed by atoms with Crippen molar-refractivity contribution in [2.45, 2.75) is 13.0 Å². The molecule has 92 valence electrons. The van der Waals surface area contributed by atoms with Gasteiger partial charge >= 0.3 is 0 Å². The van der Waals surface area contributed by atoms with Crippen molar-refractivity contribution in [2.75, 3.05) is 25.4 Å². The van der Waals surface area contributed by atoms with E-state index in [1.807, 2.05) is 6.07 Å². The van der Waals surface area contributed by atoms with Crippen LogP contribution in [0.1, 0.15) is 12.0 Å². The lowest BCUT2D eigenvalue weighted by atomic mass is 10.2. The van der Waals surface area contributed by atoms with Crippen LogP contribution in [0.15, 0.2) is 18.2 Å². The minimum atomic E-state index is -0.383. The van der Waals surface area contributed by atoms with Crippen molar-refractivity contribution in [1.29, 1.82) is 0 Å². The number of anilines is 1. The van der Waals surface area contributed by atoms with Gasteiger partial charge in [-0.1, -0.05) is 6.07 Å². The lowest BCUT2D eigenvalue weighted by molar-refractivity contribution is -0.120. The predicted molar refractivity (Wildman–Crippen MR) is 63.7 cm³/mol. The molecule has 3 N–H and O–H groups in total. The first kappa shape index (κ1) is 11.9. The van der Waals surface area contributed by atoms with Gasteiger partial charge in [-0.2, -0.15) is 0 Å². The maximum Gasteiger partial charge on any atom is 0.221 e. The molecule has 1 aromatic rings. The van der Waals surface area contributed by atoms with Crippen LogP contribution in [0.2, 0.25) is 0 Å². The van der Waals surface area contributed by atoms with E-state index in [1.54, 1.807) is 6.07 Å². The second kappa shape index (κ2) is 5.14. The van der Waals surface area contributed by atoms with Gasteiger partial charge in [0.25, 0.3) is 0 Å². The fraction of sp³-hybridized carbons (Fsp3) is 0.417. The summed E-state index contributed by atoms with van der Waals surface area (Å²) in [6.45, 7) is 2.79. The summed E-state index contributed by atoms with van der Waals surface area (Å²) in [6, 6.07) is 4.85. The highest BCUT2D eigenvalue weighted by Crippen LogP contribution is 2.14. The van der Waals surface area contributed by atoms with Crippen LogP contribution in [0.25, 0.3) is 0 Å². The van der Waals surface area contributed by atoms with Crippen LogP contribution in [0, 0.1) is 5.82 Å². The van der Waals surface area contributed by atoms with Crippen LogP contribution in [0.5, 0.6) is 0 Å². The van der Waals surface area contributed by atoms with Gasteiger partial charge in [0.15, 0.2) is 0 Å². The maximum absolute atomic E-state index is 13.3. The monoisotopic (exact) mass is 237 g/mol. The van der Waals surface area contributed by atoms with Gasteiger partial charge < -0.3 is 11.1 Å². The SMILES string of the molecule is Nc1ccc(CN2CCNC(=O)CC2)cc1F. The summed E-state index contributed by atoms with van der Waals surface area (Å²) in [6.07, 6.45) is 0.497. The smallest absolute Gasteiger partial charge is 0.221 e. The Morgan fingerprint density at radius 1 is 1.41 bits per heavy atom. The molecule has 1 fully saturated rings. The van der Waals surface area contributed by atoms with Gasteiger partial charge in [-0.15, -0.1) is 0 Å². The fourth-order valence-electron chi connectivity index (χ4n) is 1.90. The Morgan fingerprint density at radius 3 is 3.00 bits per heavy atom. The van der Waals surface area contributed by atoms with Gasteiger partial charge in [0.05, 0.1) is 5.69 Å². The van der Waals surface area contributed by atoms with Crippen LogP contribution >= 0.6 is 0 Å². The number of amides is 1. The molecular weight excluding hydrogens is 221 g/mol. The van der Waals surface area contributed by atoms with Crippen molar-refractivity contribution in [3.8, 4) is 0 Å². The Morgan fingerprint density at radius 2 is 2.24 bits per heavy atom. The third kappa shape index (κ3) is 3.17. The van der Waals surface area contributed by atoms with Crippen LogP contribution in [0.4, 0.5) is 10.1 Å². The molecule has 0 aromatic heterocycles. The Hall–Kier alpha value is -1.62. The van der Waals surface area contributed by atoms with Gasteiger partial charge in [-0.25, -0.2) is 4.39 Å². The molecule has 1 aliphatic rings. The summed E-state index contributed by atoms with van der Waals surface area (Å²) < 4.78 is 13.3. The molecule has 1 aliphatic heterocycles. The van der Waals surface area contributed by atoms with E-state index in [-0.39, 0.29) is 17.4 Å². The molecular formula is C12H16FN3O. The van der Waals surface area contributed by atoms with Gasteiger partial charge in [-0.3, -0.25) is 9.69 Å². The van der Waals surface area contributed by atoms with Crippen molar-refractivity contribution in [3.63, 3.8) is 0 Å². The van der Waals surface area contributed by atoms with Crippen molar-refractivity contribution < 1.29 is 9.18 Å². The Labute approximate surface area is 99.6 Å². The zero-order chi connectivity index (χ0) is 12.3. The molecule has 0 aliphatic carbocycles. The second-order valence-corrected chi connectivity index (χ2v) is 4.23. The molecule has 0 bridgehead atoms. The molecule has 1 saturated heterocycles. The van der Waals surface area contributed by atoms with E-state index >= 15 is 0 Å². The van der Waals surface area contributed by atoms with E-state index in [4.69, 9.17) is 5.73 Å². The van der Waals surface area contributed by atoms with Crippen molar-refractivity contribution in [2.24, 2.45) is 0 Å². The number of carbonyl (C=O) groups is 1. The molecule has 1 heterocycles. The number of carbonyl (C=O) groups excluding carboxylic acids is 1. The van der Waals surface area contributed by atoms with Crippen LogP contribution in [0.3, 0.4) is 0 Å². The second-order valence-electron chi connectivity index (χ2n) is 4.23. The lowest BCUT2D eigenvalue weighted by Gasteiger charge is -2.19. The largest absolute Gasteiger partial charge is 0.396 e. The maximum atomic E-state index is 13.3. The first-order chi connectivity index (χ1) is 8.15. The Kier molecular flexibility index (Phi) is 3.58. The first-order valence-corrected chi connectivity index (χ1v) is 5.68. The summed E-state index contributed by atoms with van der Waals surface area (Å²) in [5.41, 5.74) is 6.47. The van der Waals surface area contributed by atoms with Crippen LogP contribution in [-0.2, 0) is 11.3 Å². The van der Waals surface area contributed by atoms with E-state index in [2.05, 4.69) is 10.2 Å². The number of nitrogen functional groups attached to an aromatic ring is 1. The molecule has 17 heavy (non-hydrogen) atoms. The van der Waals surface area contributed by atoms with E-state index in [0.717, 1.165) is 12.1 Å². The number of nitrogens with two attached hydrogens (primary N) is 1. The fourth-order valence-corrected chi connectivity index (χ4v) is 1.90. The molecule has 2 rings (SSSR count). The lowest BCUT2D eigenvalue weighted by Crippen LogP contribution is -2.28. The normalized spacial score (nSPS) is 17.6. The average Bonchev–Trinajstić information content (AvgIpc) is 2.49. The predicted octanol–water partition coefficient (Wildman–Crippen LogP) is 0.730. The van der Waals surface area contributed by atoms with Crippen molar-refractivity contribution >= 4 is 11.6 Å². The Balaban J connectivity index is 1.99. The topological polar surface area (TPSA) is 58.4 Å². The molecule has 0 saturated carbocycles. The highest BCUT2D eigenvalue weighted by molar-refractivity contribution is 5.76. The van der Waals surface area contributed by atoms with Crippen LogP contribution < -0.4 is 11.1 Å². The molecule has 4 nitrogen and oxygen atoms in total. The van der Waals surface area contributed by atoms with E-state index in [0.29, 0.717) is 26.1 Å². The molecule has 0 spiro atoms. The molecule has 5 heteroatoms. The third-order valence-electron chi connectivity index (χ3n) is 2.88. The number of halogens is 1. The Bertz CT molecular complexity index is 422. The molecule has 1 amide bonds. The van der Waals surface area contributed by atoms with Gasteiger partial charge in [0, 0.05) is 32.6 Å². The van der Waals surface area contributed by atoms with E-state index in [1.165, 1.54) is 6.07 Å². The summed E-state index contributed by atoms with van der Waals surface area (Å²) in [4.78, 5) is 13.3. The van der Waals surface area contributed by atoms with E-state index in [9.17, 15) is 9.18 Å². The minimum absolute atomic E-state index is 0.0796. The molecule has 0 unspecified atom stereocenters. The molecule has 0 atom stereocenters. The standard InChI is InChI=1S/C12H16FN3O/c13-10-7-9(1-2-11(10)14)8-16-5-3-12(17)15-4-6-16/h1-2,7H,3-6,8,14H2,(H,15,17). The van der Waals surface area contributed by atoms with Gasteiger partial charge in [-0.05, 0) is 17.7 Å². The average molecular weight is 237 g/mol. The number of hydrogen-bond donors (Lipinski definition) is 2. The highest BCUT2D eigenvalue weighted by Gasteiger charge is 2.13. The first-order valence-electron chi connectivity index (χ1n) is 5.68. The molecule has 0 radical (unpaired) electrons. The van der Waals surface area contributed by atoms with Crippen LogP contribution in [-0.4, -0.2) is 30.4 Å². The summed E-state index contributed by atoms with van der Waals surface area (Å²) >= 11 is 0. The number of nitrogens with zero attached hydrogens (tertiary/aromatic N) is 1. The number of hydrogen-bond acceptors (Lipinski definition) is 3. The number of rotatable bonds is 2. The van der Waals surface area contributed by atoms with E-state index < -0.39 is 0 Å². The summed E-state index contributed by atoms with van der Waals surface area (Å²) in [7, 11) is 0. The minimum Gasteiger partial charge on any atom is -0.396 e. The van der Waals surface area contributed by atoms with Gasteiger partial charge in [0.2, 0.25) is 5.91 Å². The number of benzene rings is 1. The van der Waals surface area contributed by atoms with Crippen molar-refractivity contribution in [3.05, 3.63) is 29.6 Å². The molecule has 1 aromatic carbocycles. The quantitative estimate of drug-likeness (QED) is 0.745. The zero-order valence-corrected chi connectivity index (χ0v) is 9.58. The number of nitrogens with one attached hydrogen (secondary N) is 1. The summed E-state index contributed by atoms with van der Waals surface area (Å²) in [5.74, 6) is -0.303. The zero-order valence-electron chi connectivity index (χ0n) is 9.58. The highest BCUT2D eigenvalue weighted by atomic mass is 19.1. The van der Waals surface area contributed by atoms with Crippen molar-refractivity contribution in [1.82, 2.24) is 10.2 Å². The third-order valence-corrected chi connectivity index (χ3v) is 2.88.